The molecule has 0 spiro atoms. The van der Waals surface area contributed by atoms with E-state index in [0.717, 1.165) is 19.5 Å². The second-order valence-corrected chi connectivity index (χ2v) is 4.94. The van der Waals surface area contributed by atoms with Crippen molar-refractivity contribution in [1.29, 1.82) is 0 Å². The van der Waals surface area contributed by atoms with Crippen LogP contribution in [-0.4, -0.2) is 59.5 Å². The molecule has 2 saturated heterocycles. The van der Waals surface area contributed by atoms with E-state index in [2.05, 4.69) is 0 Å². The van der Waals surface area contributed by atoms with E-state index in [9.17, 15) is 9.59 Å². The molecule has 5 nitrogen and oxygen atoms in total. The van der Waals surface area contributed by atoms with Gasteiger partial charge >= 0.3 is 5.97 Å². The number of carbonyl (C=O) groups excluding carboxylic acids is 1. The molecule has 2 fully saturated rings. The number of nitrogens with zero attached hydrogens (tertiary/aromatic N) is 2. The fourth-order valence-corrected chi connectivity index (χ4v) is 2.72. The van der Waals surface area contributed by atoms with Crippen LogP contribution in [0.2, 0.25) is 0 Å². The summed E-state index contributed by atoms with van der Waals surface area (Å²) in [6, 6.07) is -0.0863. The third kappa shape index (κ3) is 1.80. The number of amides is 1. The summed E-state index contributed by atoms with van der Waals surface area (Å²) in [7, 11) is 1.80. The normalized spacial score (nSPS) is 36.0. The number of carbonyl (C=O) groups is 2. The highest BCUT2D eigenvalue weighted by atomic mass is 16.4. The zero-order valence-corrected chi connectivity index (χ0v) is 9.72. The molecule has 1 N–H and O–H groups in total. The number of carboxylic acid groups (broad SMARTS) is 1. The highest BCUT2D eigenvalue weighted by molar-refractivity contribution is 5.84. The van der Waals surface area contributed by atoms with Gasteiger partial charge in [-0.2, -0.15) is 0 Å². The Morgan fingerprint density at radius 2 is 2.12 bits per heavy atom. The zero-order chi connectivity index (χ0) is 11.9. The molecule has 0 aromatic heterocycles. The first-order valence-corrected chi connectivity index (χ1v) is 5.72. The number of aliphatic carboxylic acids is 1. The smallest absolute Gasteiger partial charge is 0.308 e. The Morgan fingerprint density at radius 3 is 2.56 bits per heavy atom. The van der Waals surface area contributed by atoms with Crippen molar-refractivity contribution >= 4 is 11.9 Å². The van der Waals surface area contributed by atoms with E-state index >= 15 is 0 Å². The lowest BCUT2D eigenvalue weighted by Gasteiger charge is -2.21. The molecule has 2 heterocycles. The van der Waals surface area contributed by atoms with Gasteiger partial charge in [0.15, 0.2) is 0 Å². The highest BCUT2D eigenvalue weighted by Crippen LogP contribution is 2.28. The van der Waals surface area contributed by atoms with Gasteiger partial charge < -0.3 is 10.0 Å². The van der Waals surface area contributed by atoms with Crippen LogP contribution in [0.4, 0.5) is 0 Å². The lowest BCUT2D eigenvalue weighted by Crippen LogP contribution is -2.40. The number of hydrogen-bond donors (Lipinski definition) is 1. The van der Waals surface area contributed by atoms with E-state index in [1.165, 1.54) is 0 Å². The van der Waals surface area contributed by atoms with Gasteiger partial charge in [0.25, 0.3) is 0 Å². The van der Waals surface area contributed by atoms with Crippen molar-refractivity contribution in [3.05, 3.63) is 0 Å². The SMILES string of the molecule is C[C@@H]1CN(C2CCN(C)C2=O)C[C@H]1C(=O)O. The molecule has 1 unspecified atom stereocenters. The van der Waals surface area contributed by atoms with Crippen LogP contribution in [0.3, 0.4) is 0 Å². The summed E-state index contributed by atoms with van der Waals surface area (Å²) in [5, 5.41) is 9.04. The van der Waals surface area contributed by atoms with Crippen LogP contribution in [0.5, 0.6) is 0 Å². The minimum atomic E-state index is -0.742. The van der Waals surface area contributed by atoms with Gasteiger partial charge in [0.1, 0.15) is 0 Å². The van der Waals surface area contributed by atoms with Crippen LogP contribution >= 0.6 is 0 Å². The maximum atomic E-state index is 11.8. The van der Waals surface area contributed by atoms with E-state index in [0.29, 0.717) is 6.54 Å². The third-order valence-electron chi connectivity index (χ3n) is 3.80. The monoisotopic (exact) mass is 226 g/mol. The summed E-state index contributed by atoms with van der Waals surface area (Å²) in [5.41, 5.74) is 0. The minimum absolute atomic E-state index is 0.0863. The second-order valence-electron chi connectivity index (χ2n) is 4.94. The van der Waals surface area contributed by atoms with Crippen molar-refractivity contribution in [2.45, 2.75) is 19.4 Å². The summed E-state index contributed by atoms with van der Waals surface area (Å²) >= 11 is 0. The molecule has 0 saturated carbocycles. The topological polar surface area (TPSA) is 60.9 Å². The maximum absolute atomic E-state index is 11.8. The van der Waals surface area contributed by atoms with Gasteiger partial charge in [-0.3, -0.25) is 14.5 Å². The molecule has 0 bridgehead atoms. The standard InChI is InChI=1S/C11H18N2O3/c1-7-5-13(6-8(7)11(15)16)9-3-4-12(2)10(9)14/h7-9H,3-6H2,1-2H3,(H,15,16)/t7-,8-,9?/m1/s1. The quantitative estimate of drug-likeness (QED) is 0.712. The van der Waals surface area contributed by atoms with Crippen LogP contribution in [0.1, 0.15) is 13.3 Å². The fraction of sp³-hybridized carbons (Fsp3) is 0.818. The van der Waals surface area contributed by atoms with Gasteiger partial charge in [-0.25, -0.2) is 0 Å². The van der Waals surface area contributed by atoms with Crippen molar-refractivity contribution in [3.63, 3.8) is 0 Å². The molecule has 90 valence electrons. The largest absolute Gasteiger partial charge is 0.481 e. The minimum Gasteiger partial charge on any atom is -0.481 e. The average molecular weight is 226 g/mol. The Labute approximate surface area is 95.0 Å². The molecule has 5 heteroatoms. The Bertz CT molecular complexity index is 318. The van der Waals surface area contributed by atoms with Gasteiger partial charge in [-0.05, 0) is 12.3 Å². The second kappa shape index (κ2) is 4.05. The first-order valence-electron chi connectivity index (χ1n) is 5.72. The first kappa shape index (κ1) is 11.4. The number of hydrogen-bond acceptors (Lipinski definition) is 3. The molecule has 2 aliphatic heterocycles. The van der Waals surface area contributed by atoms with E-state index in [1.807, 2.05) is 11.8 Å². The van der Waals surface area contributed by atoms with E-state index in [-0.39, 0.29) is 23.8 Å². The maximum Gasteiger partial charge on any atom is 0.308 e. The molecular formula is C11H18N2O3. The Morgan fingerprint density at radius 1 is 1.44 bits per heavy atom. The number of likely N-dealkylation sites (N-methyl/N-ethyl adjacent to an activating group) is 1. The summed E-state index contributed by atoms with van der Waals surface area (Å²) < 4.78 is 0. The highest BCUT2D eigenvalue weighted by Gasteiger charge is 2.42. The fourth-order valence-electron chi connectivity index (χ4n) is 2.72. The Kier molecular flexibility index (Phi) is 2.88. The van der Waals surface area contributed by atoms with Crippen molar-refractivity contribution in [2.24, 2.45) is 11.8 Å². The number of carboxylic acids is 1. The van der Waals surface area contributed by atoms with E-state index in [1.54, 1.807) is 11.9 Å². The van der Waals surface area contributed by atoms with Gasteiger partial charge in [0.05, 0.1) is 12.0 Å². The zero-order valence-electron chi connectivity index (χ0n) is 9.72. The third-order valence-corrected chi connectivity index (χ3v) is 3.80. The van der Waals surface area contributed by atoms with E-state index < -0.39 is 5.97 Å². The van der Waals surface area contributed by atoms with E-state index in [4.69, 9.17) is 5.11 Å². The van der Waals surface area contributed by atoms with Crippen molar-refractivity contribution in [1.82, 2.24) is 9.80 Å². The molecule has 0 aromatic rings. The van der Waals surface area contributed by atoms with Crippen LogP contribution < -0.4 is 0 Å². The van der Waals surface area contributed by atoms with Gasteiger partial charge in [0.2, 0.25) is 5.91 Å². The molecular weight excluding hydrogens is 208 g/mol. The molecule has 3 atom stereocenters. The average Bonchev–Trinajstić information content (AvgIpc) is 2.73. The van der Waals surface area contributed by atoms with Crippen LogP contribution in [0.15, 0.2) is 0 Å². The molecule has 16 heavy (non-hydrogen) atoms. The van der Waals surface area contributed by atoms with Crippen LogP contribution in [0, 0.1) is 11.8 Å². The Balaban J connectivity index is 2.03. The molecule has 1 amide bonds. The lowest BCUT2D eigenvalue weighted by molar-refractivity contribution is -0.142. The van der Waals surface area contributed by atoms with Gasteiger partial charge in [0, 0.05) is 26.7 Å². The Hall–Kier alpha value is -1.10. The summed E-state index contributed by atoms with van der Waals surface area (Å²) in [4.78, 5) is 26.6. The van der Waals surface area contributed by atoms with Gasteiger partial charge in [-0.15, -0.1) is 0 Å². The number of likely N-dealkylation sites (tertiary alicyclic amines) is 2. The summed E-state index contributed by atoms with van der Waals surface area (Å²) in [5.74, 6) is -0.790. The molecule has 0 radical (unpaired) electrons. The van der Waals surface area contributed by atoms with Crippen molar-refractivity contribution in [3.8, 4) is 0 Å². The molecule has 2 aliphatic rings. The predicted octanol–water partition coefficient (Wildman–Crippen LogP) is -0.130. The molecule has 0 aliphatic carbocycles. The first-order chi connectivity index (χ1) is 7.50. The van der Waals surface area contributed by atoms with Crippen molar-refractivity contribution in [2.75, 3.05) is 26.7 Å². The molecule has 2 rings (SSSR count). The summed E-state index contributed by atoms with van der Waals surface area (Å²) in [6.07, 6.45) is 0.828. The number of rotatable bonds is 2. The summed E-state index contributed by atoms with van der Waals surface area (Å²) in [6.45, 7) is 3.97. The van der Waals surface area contributed by atoms with Crippen LogP contribution in [-0.2, 0) is 9.59 Å². The van der Waals surface area contributed by atoms with Crippen LogP contribution in [0.25, 0.3) is 0 Å². The van der Waals surface area contributed by atoms with Crippen molar-refractivity contribution < 1.29 is 14.7 Å². The lowest BCUT2D eigenvalue weighted by atomic mass is 9.99. The molecule has 0 aromatic carbocycles. The van der Waals surface area contributed by atoms with Gasteiger partial charge in [-0.1, -0.05) is 6.92 Å². The predicted molar refractivity (Wildman–Crippen MR) is 57.9 cm³/mol.